The van der Waals surface area contributed by atoms with E-state index in [2.05, 4.69) is 10.6 Å². The average molecular weight is 516 g/mol. The number of carbonyl (C=O) groups excluding carboxylic acids is 2. The second kappa shape index (κ2) is 12.5. The highest BCUT2D eigenvalue weighted by atomic mass is 19.4. The zero-order valence-corrected chi connectivity index (χ0v) is 19.7. The van der Waals surface area contributed by atoms with Crippen LogP contribution in [0.3, 0.4) is 0 Å². The quantitative estimate of drug-likeness (QED) is 0.452. The maximum atomic E-state index is 12.8. The van der Waals surface area contributed by atoms with Gasteiger partial charge < -0.3 is 30.5 Å². The van der Waals surface area contributed by atoms with Gasteiger partial charge >= 0.3 is 12.1 Å². The van der Waals surface area contributed by atoms with Crippen LogP contribution >= 0.6 is 0 Å². The molecular formula is C24H32F3N3O6. The molecule has 12 heteroatoms. The topological polar surface area (TPSA) is 128 Å². The molecule has 0 spiro atoms. The Morgan fingerprint density at radius 3 is 2.36 bits per heavy atom. The molecule has 3 fully saturated rings. The minimum Gasteiger partial charge on any atom is -0.475 e. The molecule has 0 aliphatic carbocycles. The molecule has 4 atom stereocenters. The van der Waals surface area contributed by atoms with Crippen molar-refractivity contribution >= 4 is 17.8 Å². The zero-order valence-electron chi connectivity index (χ0n) is 19.7. The number of halogens is 3. The summed E-state index contributed by atoms with van der Waals surface area (Å²) in [6, 6.07) is 9.21. The standard InChI is InChI=1S/C22H31N3O4.C2HF3O2/c26-19-12-20(29-14-16-4-2-1-3-5-16)17-6-7-18(25(17)22(19)28)21(27)24-13-15-8-10-23-11-9-15;3-2(4,5)1(6)7/h1-5,15,17-20,23,26H,6-14H2,(H,24,27);(H,6,7)/t17-,18-,19-,20-;/m0./s1. The van der Waals surface area contributed by atoms with Gasteiger partial charge in [-0.05, 0) is 50.3 Å². The summed E-state index contributed by atoms with van der Waals surface area (Å²) in [6.07, 6.45) is -2.70. The number of piperidine rings is 2. The third-order valence-electron chi connectivity index (χ3n) is 6.73. The number of alkyl halides is 3. The van der Waals surface area contributed by atoms with Crippen LogP contribution in [0.15, 0.2) is 30.3 Å². The molecule has 3 aliphatic rings. The van der Waals surface area contributed by atoms with Gasteiger partial charge in [0.25, 0.3) is 5.91 Å². The van der Waals surface area contributed by atoms with Gasteiger partial charge in [0, 0.05) is 13.0 Å². The summed E-state index contributed by atoms with van der Waals surface area (Å²) in [5.74, 6) is -2.71. The Morgan fingerprint density at radius 2 is 1.75 bits per heavy atom. The van der Waals surface area contributed by atoms with Crippen molar-refractivity contribution in [2.24, 2.45) is 5.92 Å². The number of hydrogen-bond acceptors (Lipinski definition) is 6. The van der Waals surface area contributed by atoms with Gasteiger partial charge in [-0.3, -0.25) is 9.59 Å². The molecule has 0 unspecified atom stereocenters. The number of carboxylic acid groups (broad SMARTS) is 1. The van der Waals surface area contributed by atoms with Crippen LogP contribution in [0.5, 0.6) is 0 Å². The predicted octanol–water partition coefficient (Wildman–Crippen LogP) is 1.45. The van der Waals surface area contributed by atoms with Gasteiger partial charge in [-0.25, -0.2) is 4.79 Å². The Balaban J connectivity index is 0.000000454. The van der Waals surface area contributed by atoms with Crippen LogP contribution in [0.25, 0.3) is 0 Å². The van der Waals surface area contributed by atoms with Gasteiger partial charge in [0.2, 0.25) is 5.91 Å². The highest BCUT2D eigenvalue weighted by Gasteiger charge is 2.50. The molecule has 4 rings (SSSR count). The second-order valence-electron chi connectivity index (χ2n) is 9.23. The van der Waals surface area contributed by atoms with Gasteiger partial charge in [-0.2, -0.15) is 13.2 Å². The highest BCUT2D eigenvalue weighted by Crippen LogP contribution is 2.35. The van der Waals surface area contributed by atoms with Crippen LogP contribution in [0.2, 0.25) is 0 Å². The van der Waals surface area contributed by atoms with Crippen LogP contribution in [0.4, 0.5) is 13.2 Å². The highest BCUT2D eigenvalue weighted by molar-refractivity contribution is 5.90. The summed E-state index contributed by atoms with van der Waals surface area (Å²) < 4.78 is 37.8. The molecule has 3 aliphatic heterocycles. The monoisotopic (exact) mass is 515 g/mol. The molecule has 1 aromatic rings. The van der Waals surface area contributed by atoms with E-state index in [1.54, 1.807) is 4.90 Å². The average Bonchev–Trinajstić information content (AvgIpc) is 3.31. The zero-order chi connectivity index (χ0) is 26.3. The molecule has 0 aromatic heterocycles. The number of nitrogens with one attached hydrogen (secondary N) is 2. The summed E-state index contributed by atoms with van der Waals surface area (Å²) in [6.45, 7) is 3.07. The molecule has 200 valence electrons. The molecule has 0 saturated carbocycles. The lowest BCUT2D eigenvalue weighted by Gasteiger charge is -2.40. The van der Waals surface area contributed by atoms with Crippen LogP contribution in [-0.4, -0.2) is 83.0 Å². The molecule has 0 bridgehead atoms. The van der Waals surface area contributed by atoms with Crippen molar-refractivity contribution in [1.29, 1.82) is 0 Å². The smallest absolute Gasteiger partial charge is 0.475 e. The molecule has 4 N–H and O–H groups in total. The molecule has 2 amide bonds. The maximum absolute atomic E-state index is 12.8. The van der Waals surface area contributed by atoms with Crippen molar-refractivity contribution in [1.82, 2.24) is 15.5 Å². The van der Waals surface area contributed by atoms with Gasteiger partial charge in [-0.15, -0.1) is 0 Å². The largest absolute Gasteiger partial charge is 0.490 e. The Kier molecular flexibility index (Phi) is 9.69. The van der Waals surface area contributed by atoms with Crippen molar-refractivity contribution in [2.45, 2.75) is 69.2 Å². The molecule has 0 radical (unpaired) electrons. The Hall–Kier alpha value is -2.70. The number of fused-ring (bicyclic) bond motifs is 1. The molecular weight excluding hydrogens is 483 g/mol. The van der Waals surface area contributed by atoms with Crippen molar-refractivity contribution in [3.63, 3.8) is 0 Å². The summed E-state index contributed by atoms with van der Waals surface area (Å²) in [5, 5.41) is 23.8. The number of nitrogens with zero attached hydrogens (tertiary/aromatic N) is 1. The lowest BCUT2D eigenvalue weighted by atomic mass is 9.96. The number of rotatable bonds is 6. The summed E-state index contributed by atoms with van der Waals surface area (Å²) in [7, 11) is 0. The first-order valence-electron chi connectivity index (χ1n) is 12.0. The molecule has 36 heavy (non-hydrogen) atoms. The maximum Gasteiger partial charge on any atom is 0.490 e. The van der Waals surface area contributed by atoms with E-state index in [-0.39, 0.29) is 30.4 Å². The number of ether oxygens (including phenoxy) is 1. The van der Waals surface area contributed by atoms with Gasteiger partial charge in [-0.1, -0.05) is 30.3 Å². The normalized spacial score (nSPS) is 26.6. The van der Waals surface area contributed by atoms with E-state index >= 15 is 0 Å². The van der Waals surface area contributed by atoms with Crippen LogP contribution < -0.4 is 10.6 Å². The first-order chi connectivity index (χ1) is 17.1. The number of amides is 2. The minimum atomic E-state index is -5.08. The van der Waals surface area contributed by atoms with Crippen molar-refractivity contribution in [3.05, 3.63) is 35.9 Å². The SMILES string of the molecule is O=C(NCC1CCNCC1)[C@@H]1CC[C@H]2[C@@H](OCc3ccccc3)C[C@H](O)C(=O)N12.O=C(O)C(F)(F)F. The van der Waals surface area contributed by atoms with E-state index in [1.165, 1.54) is 0 Å². The first-order valence-corrected chi connectivity index (χ1v) is 12.0. The number of aliphatic hydroxyl groups excluding tert-OH is 1. The first kappa shape index (κ1) is 27.9. The number of carboxylic acids is 1. The summed E-state index contributed by atoms with van der Waals surface area (Å²) in [4.78, 5) is 36.0. The molecule has 3 saturated heterocycles. The summed E-state index contributed by atoms with van der Waals surface area (Å²) in [5.41, 5.74) is 1.06. The Labute approximate surface area is 207 Å². The number of hydrogen-bond donors (Lipinski definition) is 4. The third-order valence-corrected chi connectivity index (χ3v) is 6.73. The van der Waals surface area contributed by atoms with E-state index in [9.17, 15) is 27.9 Å². The van der Waals surface area contributed by atoms with Crippen molar-refractivity contribution in [3.8, 4) is 0 Å². The fourth-order valence-electron chi connectivity index (χ4n) is 4.83. The molecule has 1 aromatic carbocycles. The summed E-state index contributed by atoms with van der Waals surface area (Å²) >= 11 is 0. The van der Waals surface area contributed by atoms with E-state index < -0.39 is 24.3 Å². The second-order valence-corrected chi connectivity index (χ2v) is 9.23. The van der Waals surface area contributed by atoms with Gasteiger partial charge in [0.1, 0.15) is 12.1 Å². The molecule has 3 heterocycles. The van der Waals surface area contributed by atoms with E-state index in [0.717, 1.165) is 37.9 Å². The Bertz CT molecular complexity index is 895. The van der Waals surface area contributed by atoms with Crippen LogP contribution in [0, 0.1) is 5.92 Å². The molecule has 9 nitrogen and oxygen atoms in total. The van der Waals surface area contributed by atoms with Crippen LogP contribution in [0.1, 0.15) is 37.7 Å². The number of aliphatic carboxylic acids is 1. The lowest BCUT2D eigenvalue weighted by molar-refractivity contribution is -0.192. The fourth-order valence-corrected chi connectivity index (χ4v) is 4.83. The Morgan fingerprint density at radius 1 is 1.11 bits per heavy atom. The number of aliphatic hydroxyl groups is 1. The van der Waals surface area contributed by atoms with E-state index in [1.807, 2.05) is 30.3 Å². The third kappa shape index (κ3) is 7.40. The van der Waals surface area contributed by atoms with Crippen LogP contribution in [-0.2, 0) is 25.7 Å². The number of carbonyl (C=O) groups is 3. The number of benzene rings is 1. The fraction of sp³-hybridized carbons (Fsp3) is 0.625. The lowest BCUT2D eigenvalue weighted by Crippen LogP contribution is -2.59. The van der Waals surface area contributed by atoms with E-state index in [0.29, 0.717) is 25.5 Å². The predicted molar refractivity (Wildman–Crippen MR) is 122 cm³/mol. The minimum absolute atomic E-state index is 0.102. The van der Waals surface area contributed by atoms with Gasteiger partial charge in [0.15, 0.2) is 0 Å². The van der Waals surface area contributed by atoms with E-state index in [4.69, 9.17) is 14.6 Å². The van der Waals surface area contributed by atoms with Crippen molar-refractivity contribution < 1.29 is 42.5 Å². The van der Waals surface area contributed by atoms with Crippen molar-refractivity contribution in [2.75, 3.05) is 19.6 Å². The van der Waals surface area contributed by atoms with Gasteiger partial charge in [0.05, 0.1) is 18.8 Å².